The van der Waals surface area contributed by atoms with Crippen LogP contribution in [0.25, 0.3) is 38.6 Å². The Morgan fingerprint density at radius 3 is 2.72 bits per heavy atom. The Kier molecular flexibility index (Phi) is 7.43. The van der Waals surface area contributed by atoms with Gasteiger partial charge in [-0.2, -0.15) is 10.1 Å². The van der Waals surface area contributed by atoms with Gasteiger partial charge in [-0.25, -0.2) is 9.18 Å². The lowest BCUT2D eigenvalue weighted by molar-refractivity contribution is -0.128. The molecule has 1 saturated heterocycles. The number of carbonyl (C=O) groups excluding carboxylic acids is 1. The van der Waals surface area contributed by atoms with Gasteiger partial charge in [0.15, 0.2) is 0 Å². The summed E-state index contributed by atoms with van der Waals surface area (Å²) in [7, 11) is 0. The van der Waals surface area contributed by atoms with Crippen LogP contribution in [-0.4, -0.2) is 66.5 Å². The van der Waals surface area contributed by atoms with Crippen molar-refractivity contribution < 1.29 is 9.18 Å². The summed E-state index contributed by atoms with van der Waals surface area (Å²) in [6, 6.07) is 5.24. The highest BCUT2D eigenvalue weighted by Crippen LogP contribution is 2.50. The molecule has 0 radical (unpaired) electrons. The minimum Gasteiger partial charge on any atom is -0.348 e. The van der Waals surface area contributed by atoms with Crippen LogP contribution in [0.2, 0.25) is 5.02 Å². The molecular formula is C34H33ClFN7O2S. The number of hydrogen-bond donors (Lipinski definition) is 1. The Hall–Kier alpha value is -4.22. The van der Waals surface area contributed by atoms with Gasteiger partial charge in [-0.3, -0.25) is 19.4 Å². The number of nitrogens with one attached hydrogen (secondary N) is 1. The molecule has 0 bridgehead atoms. The van der Waals surface area contributed by atoms with Crippen LogP contribution in [-0.2, 0) is 4.79 Å². The number of pyridine rings is 1. The van der Waals surface area contributed by atoms with E-state index < -0.39 is 11.5 Å². The molecule has 2 aromatic carbocycles. The lowest BCUT2D eigenvalue weighted by atomic mass is 9.94. The molecule has 1 amide bonds. The zero-order valence-electron chi connectivity index (χ0n) is 26.2. The van der Waals surface area contributed by atoms with Crippen LogP contribution in [0.15, 0.2) is 52.9 Å². The number of anilines is 1. The summed E-state index contributed by atoms with van der Waals surface area (Å²) in [5.74, 6) is 0.162. The van der Waals surface area contributed by atoms with Gasteiger partial charge in [-0.1, -0.05) is 38.1 Å². The van der Waals surface area contributed by atoms with Crippen molar-refractivity contribution in [3.05, 3.63) is 81.4 Å². The maximum atomic E-state index is 17.3. The second kappa shape index (κ2) is 11.2. The second-order valence-corrected chi connectivity index (χ2v) is 13.8. The molecule has 9 nitrogen and oxygen atoms in total. The van der Waals surface area contributed by atoms with Crippen molar-refractivity contribution >= 4 is 56.9 Å². The Morgan fingerprint density at radius 2 is 1.98 bits per heavy atom. The molecule has 236 valence electrons. The van der Waals surface area contributed by atoms with Crippen molar-refractivity contribution in [2.75, 3.05) is 23.7 Å². The van der Waals surface area contributed by atoms with E-state index >= 15 is 4.39 Å². The summed E-state index contributed by atoms with van der Waals surface area (Å²) < 4.78 is 18.9. The Morgan fingerprint density at radius 1 is 1.20 bits per heavy atom. The molecule has 2 aliphatic rings. The van der Waals surface area contributed by atoms with Crippen molar-refractivity contribution in [1.82, 2.24) is 29.6 Å². The summed E-state index contributed by atoms with van der Waals surface area (Å²) in [5.41, 5.74) is 4.33. The van der Waals surface area contributed by atoms with E-state index in [2.05, 4.69) is 21.8 Å². The molecule has 0 saturated carbocycles. The lowest BCUT2D eigenvalue weighted by Gasteiger charge is -2.45. The van der Waals surface area contributed by atoms with Crippen LogP contribution >= 0.6 is 23.4 Å². The zero-order valence-corrected chi connectivity index (χ0v) is 27.8. The Bertz CT molecular complexity index is 2160. The molecule has 0 spiro atoms. The predicted molar refractivity (Wildman–Crippen MR) is 182 cm³/mol. The molecule has 46 heavy (non-hydrogen) atoms. The standard InChI is InChI=1S/C34H33ClFN7O2S/c1-7-23(44)41-14-20-15-46-32-26-31(27(35)25(28(32)36)24-17(4)8-9-22-21(24)12-38-40-22)43(30-18(5)10-11-37-29(30)16(2)3)34(45)39-33(26)42(20)13-19(41)6/h7-12,16,19-20H,1,13-15H2,2-6H3,(H,38,40). The van der Waals surface area contributed by atoms with Gasteiger partial charge in [0.25, 0.3) is 0 Å². The van der Waals surface area contributed by atoms with Gasteiger partial charge in [0.05, 0.1) is 50.0 Å². The Balaban J connectivity index is 1.63. The first-order valence-electron chi connectivity index (χ1n) is 15.2. The topological polar surface area (TPSA) is 100 Å². The summed E-state index contributed by atoms with van der Waals surface area (Å²) in [5, 5.41) is 8.51. The van der Waals surface area contributed by atoms with Gasteiger partial charge < -0.3 is 9.80 Å². The first kappa shape index (κ1) is 30.4. The number of rotatable bonds is 4. The van der Waals surface area contributed by atoms with E-state index in [4.69, 9.17) is 16.6 Å². The third-order valence-corrected chi connectivity index (χ3v) is 10.7. The number of H-pyrrole nitrogens is 1. The van der Waals surface area contributed by atoms with Crippen LogP contribution in [0, 0.1) is 19.7 Å². The minimum absolute atomic E-state index is 0.0256. The number of aryl methyl sites for hydroxylation is 2. The van der Waals surface area contributed by atoms with E-state index in [1.165, 1.54) is 22.4 Å². The van der Waals surface area contributed by atoms with Crippen LogP contribution in [0.1, 0.15) is 43.5 Å². The average molecular weight is 658 g/mol. The molecule has 0 aliphatic carbocycles. The van der Waals surface area contributed by atoms with Crippen molar-refractivity contribution in [2.45, 2.75) is 57.5 Å². The third-order valence-electron chi connectivity index (χ3n) is 9.15. The van der Waals surface area contributed by atoms with Crippen molar-refractivity contribution in [2.24, 2.45) is 0 Å². The van der Waals surface area contributed by atoms with Gasteiger partial charge in [0.1, 0.15) is 11.6 Å². The van der Waals surface area contributed by atoms with Crippen LogP contribution in [0.5, 0.6) is 0 Å². The summed E-state index contributed by atoms with van der Waals surface area (Å²) >= 11 is 8.79. The average Bonchev–Trinajstić information content (AvgIpc) is 3.45. The predicted octanol–water partition coefficient (Wildman–Crippen LogP) is 6.55. The van der Waals surface area contributed by atoms with Crippen LogP contribution in [0.4, 0.5) is 10.2 Å². The van der Waals surface area contributed by atoms with E-state index in [0.29, 0.717) is 57.4 Å². The fourth-order valence-electron chi connectivity index (χ4n) is 6.92. The van der Waals surface area contributed by atoms with Crippen LogP contribution in [0.3, 0.4) is 0 Å². The molecule has 2 aliphatic heterocycles. The van der Waals surface area contributed by atoms with Gasteiger partial charge in [-0.15, -0.1) is 11.8 Å². The number of benzene rings is 2. The zero-order chi connectivity index (χ0) is 32.6. The molecule has 12 heteroatoms. The molecule has 1 fully saturated rings. The first-order chi connectivity index (χ1) is 22.0. The van der Waals surface area contributed by atoms with E-state index in [9.17, 15) is 9.59 Å². The summed E-state index contributed by atoms with van der Waals surface area (Å²) in [6.45, 7) is 14.3. The van der Waals surface area contributed by atoms with E-state index in [1.54, 1.807) is 17.3 Å². The monoisotopic (exact) mass is 657 g/mol. The van der Waals surface area contributed by atoms with E-state index in [0.717, 1.165) is 22.0 Å². The number of hydrogen-bond acceptors (Lipinski definition) is 7. The molecule has 3 aromatic heterocycles. The maximum Gasteiger partial charge on any atom is 0.354 e. The molecule has 5 aromatic rings. The molecular weight excluding hydrogens is 625 g/mol. The maximum absolute atomic E-state index is 17.3. The number of aromatic amines is 1. The molecule has 7 rings (SSSR count). The number of piperazine rings is 1. The molecule has 5 heterocycles. The fraction of sp³-hybridized carbons (Fsp3) is 0.324. The lowest BCUT2D eigenvalue weighted by Crippen LogP contribution is -2.60. The quantitative estimate of drug-likeness (QED) is 0.219. The largest absolute Gasteiger partial charge is 0.354 e. The number of aromatic nitrogens is 5. The summed E-state index contributed by atoms with van der Waals surface area (Å²) in [4.78, 5) is 40.7. The highest BCUT2D eigenvalue weighted by molar-refractivity contribution is 7.99. The summed E-state index contributed by atoms with van der Waals surface area (Å²) in [6.07, 6.45) is 4.71. The number of halogens is 2. The van der Waals surface area contributed by atoms with E-state index in [1.807, 2.05) is 57.7 Å². The SMILES string of the molecule is C=CC(=O)N1CC2CSc3c(F)c(-c4c(C)ccc5[nH]ncc45)c(Cl)c4c3c(nc(=O)n4-c3c(C)ccnc3C(C)C)N2CC1C. The van der Waals surface area contributed by atoms with Gasteiger partial charge >= 0.3 is 5.69 Å². The van der Waals surface area contributed by atoms with Crippen molar-refractivity contribution in [1.29, 1.82) is 0 Å². The second-order valence-electron chi connectivity index (χ2n) is 12.4. The minimum atomic E-state index is -0.535. The highest BCUT2D eigenvalue weighted by Gasteiger charge is 2.40. The Labute approximate surface area is 274 Å². The van der Waals surface area contributed by atoms with Gasteiger partial charge in [0, 0.05) is 47.6 Å². The van der Waals surface area contributed by atoms with Gasteiger partial charge in [0.2, 0.25) is 5.91 Å². The smallest absolute Gasteiger partial charge is 0.348 e. The molecule has 1 N–H and O–H groups in total. The number of fused-ring (bicyclic) bond motifs is 3. The van der Waals surface area contributed by atoms with Gasteiger partial charge in [-0.05, 0) is 56.0 Å². The van der Waals surface area contributed by atoms with Crippen molar-refractivity contribution in [3.63, 3.8) is 0 Å². The number of thioether (sulfide) groups is 1. The highest BCUT2D eigenvalue weighted by atomic mass is 35.5. The number of carbonyl (C=O) groups is 1. The molecule has 2 unspecified atom stereocenters. The van der Waals surface area contributed by atoms with Crippen molar-refractivity contribution in [3.8, 4) is 16.8 Å². The first-order valence-corrected chi connectivity index (χ1v) is 16.6. The normalized spacial score (nSPS) is 17.9. The third kappa shape index (κ3) is 4.46. The number of nitrogens with zero attached hydrogens (tertiary/aromatic N) is 6. The van der Waals surface area contributed by atoms with E-state index in [-0.39, 0.29) is 34.5 Å². The number of amides is 1. The van der Waals surface area contributed by atoms with Crippen LogP contribution < -0.4 is 10.6 Å². The molecule has 2 atom stereocenters. The fourth-order valence-corrected chi connectivity index (χ4v) is 8.48.